The molecule has 84 valence electrons. The smallest absolute Gasteiger partial charge is 0.275 e. The summed E-state index contributed by atoms with van der Waals surface area (Å²) in [4.78, 5) is 0. The zero-order valence-corrected chi connectivity index (χ0v) is 7.41. The molecule has 6 heteroatoms. The van der Waals surface area contributed by atoms with Crippen LogP contribution in [-0.4, -0.2) is 11.7 Å². The van der Waals surface area contributed by atoms with Crippen LogP contribution in [0.1, 0.15) is 12.0 Å². The summed E-state index contributed by atoms with van der Waals surface area (Å²) >= 11 is 0. The van der Waals surface area contributed by atoms with Crippen LogP contribution in [0.2, 0.25) is 0 Å². The fraction of sp³-hybridized carbons (Fsp3) is 0.333. The summed E-state index contributed by atoms with van der Waals surface area (Å²) in [5.74, 6) is -8.73. The van der Waals surface area contributed by atoms with Gasteiger partial charge in [0.05, 0.1) is 0 Å². The van der Waals surface area contributed by atoms with Crippen LogP contribution in [-0.2, 0) is 5.92 Å². The molecule has 0 radical (unpaired) electrons. The molecular weight excluding hydrogens is 219 g/mol. The van der Waals surface area contributed by atoms with Crippen LogP contribution in [0.25, 0.3) is 0 Å². The molecule has 0 saturated carbocycles. The molecule has 0 saturated heterocycles. The van der Waals surface area contributed by atoms with Crippen molar-refractivity contribution in [2.75, 3.05) is 6.61 Å². The van der Waals surface area contributed by atoms with E-state index in [1.807, 2.05) is 0 Å². The molecule has 0 bridgehead atoms. The maximum absolute atomic E-state index is 13.0. The molecule has 1 N–H and O–H groups in total. The van der Waals surface area contributed by atoms with E-state index in [1.54, 1.807) is 0 Å². The standard InChI is InChI=1S/C9H7F5O/c10-6-3-5(4-7(11)8(6)12)9(13,14)1-2-15/h3-4,15H,1-2H2. The van der Waals surface area contributed by atoms with Gasteiger partial charge >= 0.3 is 0 Å². The highest BCUT2D eigenvalue weighted by Gasteiger charge is 2.32. The minimum absolute atomic E-state index is 0.216. The van der Waals surface area contributed by atoms with Crippen LogP contribution in [0.15, 0.2) is 12.1 Å². The van der Waals surface area contributed by atoms with Crippen molar-refractivity contribution in [2.45, 2.75) is 12.3 Å². The predicted octanol–water partition coefficient (Wildman–Crippen LogP) is 2.58. The average Bonchev–Trinajstić information content (AvgIpc) is 2.13. The molecule has 0 aliphatic carbocycles. The second kappa shape index (κ2) is 4.14. The lowest BCUT2D eigenvalue weighted by molar-refractivity contribution is -0.0276. The van der Waals surface area contributed by atoms with Gasteiger partial charge in [-0.15, -0.1) is 0 Å². The number of hydrogen-bond acceptors (Lipinski definition) is 1. The van der Waals surface area contributed by atoms with Crippen molar-refractivity contribution < 1.29 is 27.1 Å². The molecule has 0 fully saturated rings. The van der Waals surface area contributed by atoms with Crippen LogP contribution in [0.5, 0.6) is 0 Å². The van der Waals surface area contributed by atoms with Gasteiger partial charge in [0.1, 0.15) is 0 Å². The third-order valence-corrected chi connectivity index (χ3v) is 1.83. The minimum Gasteiger partial charge on any atom is -0.396 e. The topological polar surface area (TPSA) is 20.2 Å². The van der Waals surface area contributed by atoms with Crippen LogP contribution >= 0.6 is 0 Å². The first kappa shape index (κ1) is 11.9. The van der Waals surface area contributed by atoms with E-state index in [4.69, 9.17) is 5.11 Å². The molecule has 1 rings (SSSR count). The van der Waals surface area contributed by atoms with Gasteiger partial charge in [-0.2, -0.15) is 0 Å². The van der Waals surface area contributed by atoms with E-state index in [0.29, 0.717) is 0 Å². The molecule has 0 aliphatic heterocycles. The molecule has 0 aliphatic rings. The van der Waals surface area contributed by atoms with Crippen molar-refractivity contribution in [3.63, 3.8) is 0 Å². The van der Waals surface area contributed by atoms with Gasteiger partial charge in [-0.1, -0.05) is 0 Å². The Hall–Kier alpha value is -1.17. The quantitative estimate of drug-likeness (QED) is 0.620. The zero-order chi connectivity index (χ0) is 11.6. The highest BCUT2D eigenvalue weighted by Crippen LogP contribution is 2.32. The fourth-order valence-electron chi connectivity index (χ4n) is 1.05. The summed E-state index contributed by atoms with van der Waals surface area (Å²) < 4.78 is 63.7. The monoisotopic (exact) mass is 226 g/mol. The molecule has 0 spiro atoms. The van der Waals surface area contributed by atoms with Crippen molar-refractivity contribution in [3.8, 4) is 0 Å². The third kappa shape index (κ3) is 2.44. The summed E-state index contributed by atoms with van der Waals surface area (Å²) in [6, 6.07) is 0.433. The summed E-state index contributed by atoms with van der Waals surface area (Å²) in [6.07, 6.45) is -0.975. The Labute approximate surface area is 82.1 Å². The lowest BCUT2D eigenvalue weighted by atomic mass is 10.1. The van der Waals surface area contributed by atoms with Crippen LogP contribution in [0.3, 0.4) is 0 Å². The van der Waals surface area contributed by atoms with Crippen LogP contribution in [0.4, 0.5) is 22.0 Å². The highest BCUT2D eigenvalue weighted by atomic mass is 19.3. The third-order valence-electron chi connectivity index (χ3n) is 1.83. The summed E-state index contributed by atoms with van der Waals surface area (Å²) in [5, 5.41) is 8.31. The summed E-state index contributed by atoms with van der Waals surface area (Å²) in [7, 11) is 0. The van der Waals surface area contributed by atoms with E-state index < -0.39 is 42.0 Å². The lowest BCUT2D eigenvalue weighted by Gasteiger charge is -2.15. The lowest BCUT2D eigenvalue weighted by Crippen LogP contribution is -2.16. The molecule has 1 aromatic carbocycles. The normalized spacial score (nSPS) is 11.9. The Bertz CT molecular complexity index is 341. The van der Waals surface area contributed by atoms with Crippen molar-refractivity contribution in [1.29, 1.82) is 0 Å². The number of alkyl halides is 2. The summed E-state index contributed by atoms with van der Waals surface area (Å²) in [6.45, 7) is -0.840. The van der Waals surface area contributed by atoms with Gasteiger partial charge in [0.15, 0.2) is 17.5 Å². The first-order valence-electron chi connectivity index (χ1n) is 4.02. The molecular formula is C9H7F5O. The second-order valence-corrected chi connectivity index (χ2v) is 2.93. The van der Waals surface area contributed by atoms with Crippen LogP contribution in [0, 0.1) is 17.5 Å². The first-order valence-corrected chi connectivity index (χ1v) is 4.02. The van der Waals surface area contributed by atoms with Crippen LogP contribution < -0.4 is 0 Å². The van der Waals surface area contributed by atoms with Gasteiger partial charge in [0.2, 0.25) is 0 Å². The van der Waals surface area contributed by atoms with E-state index in [9.17, 15) is 22.0 Å². The van der Waals surface area contributed by atoms with E-state index in [2.05, 4.69) is 0 Å². The number of aliphatic hydroxyl groups is 1. The van der Waals surface area contributed by atoms with Gasteiger partial charge in [-0.05, 0) is 12.1 Å². The van der Waals surface area contributed by atoms with Crippen molar-refractivity contribution >= 4 is 0 Å². The number of benzene rings is 1. The SMILES string of the molecule is OCCC(F)(F)c1cc(F)c(F)c(F)c1. The highest BCUT2D eigenvalue weighted by molar-refractivity contribution is 5.23. The van der Waals surface area contributed by atoms with Gasteiger partial charge in [-0.3, -0.25) is 0 Å². The molecule has 0 aromatic heterocycles. The van der Waals surface area contributed by atoms with Crippen molar-refractivity contribution in [1.82, 2.24) is 0 Å². The number of halogens is 5. The Morgan fingerprint density at radius 3 is 1.93 bits per heavy atom. The van der Waals surface area contributed by atoms with Gasteiger partial charge < -0.3 is 5.11 Å². The Kier molecular flexibility index (Phi) is 3.28. The summed E-state index contributed by atoms with van der Waals surface area (Å²) in [5.41, 5.74) is -0.993. The Morgan fingerprint density at radius 2 is 1.53 bits per heavy atom. The van der Waals surface area contributed by atoms with Gasteiger partial charge in [0, 0.05) is 18.6 Å². The molecule has 15 heavy (non-hydrogen) atoms. The minimum atomic E-state index is -3.58. The first-order chi connectivity index (χ1) is 6.88. The molecule has 1 aromatic rings. The fourth-order valence-corrected chi connectivity index (χ4v) is 1.05. The largest absolute Gasteiger partial charge is 0.396 e. The Balaban J connectivity index is 3.16. The maximum atomic E-state index is 13.0. The number of hydrogen-bond donors (Lipinski definition) is 1. The van der Waals surface area contributed by atoms with Crippen molar-refractivity contribution in [2.24, 2.45) is 0 Å². The van der Waals surface area contributed by atoms with E-state index in [1.165, 1.54) is 0 Å². The molecule has 0 unspecified atom stereocenters. The number of rotatable bonds is 3. The van der Waals surface area contributed by atoms with Gasteiger partial charge in [-0.25, -0.2) is 22.0 Å². The van der Waals surface area contributed by atoms with Crippen molar-refractivity contribution in [3.05, 3.63) is 35.1 Å². The van der Waals surface area contributed by atoms with E-state index in [-0.39, 0.29) is 12.1 Å². The van der Waals surface area contributed by atoms with E-state index >= 15 is 0 Å². The van der Waals surface area contributed by atoms with E-state index in [0.717, 1.165) is 0 Å². The zero-order valence-electron chi connectivity index (χ0n) is 7.41. The predicted molar refractivity (Wildman–Crippen MR) is 41.9 cm³/mol. The molecule has 0 heterocycles. The molecule has 0 amide bonds. The van der Waals surface area contributed by atoms with Gasteiger partial charge in [0.25, 0.3) is 5.92 Å². The number of aliphatic hydroxyl groups excluding tert-OH is 1. The maximum Gasteiger partial charge on any atom is 0.275 e. The molecule has 0 atom stereocenters. The average molecular weight is 226 g/mol. The second-order valence-electron chi connectivity index (χ2n) is 2.93. The molecule has 1 nitrogen and oxygen atoms in total. The Morgan fingerprint density at radius 1 is 1.07 bits per heavy atom.